The number of hydrogen-bond donors (Lipinski definition) is 1. The zero-order valence-electron chi connectivity index (χ0n) is 13.0. The highest BCUT2D eigenvalue weighted by molar-refractivity contribution is 5.53. The summed E-state index contributed by atoms with van der Waals surface area (Å²) in [6, 6.07) is 6.44. The molecular formula is C16H22FN3O. The van der Waals surface area contributed by atoms with Crippen LogP contribution in [-0.2, 0) is 6.42 Å². The van der Waals surface area contributed by atoms with Crippen molar-refractivity contribution in [1.82, 2.24) is 15.5 Å². The van der Waals surface area contributed by atoms with E-state index in [2.05, 4.69) is 43.2 Å². The number of likely N-dealkylation sites (N-methyl/N-ethyl adjacent to an activating group) is 1. The molecule has 0 fully saturated rings. The summed E-state index contributed by atoms with van der Waals surface area (Å²) in [5.41, 5.74) is 0.713. The normalized spacial score (nSPS) is 13.4. The molecule has 1 N–H and O–H groups in total. The predicted octanol–water partition coefficient (Wildman–Crippen LogP) is 3.44. The van der Waals surface area contributed by atoms with E-state index in [1.165, 1.54) is 12.1 Å². The lowest BCUT2D eigenvalue weighted by molar-refractivity contribution is 0.247. The molecule has 1 heterocycles. The Morgan fingerprint density at radius 2 is 2.10 bits per heavy atom. The molecule has 0 aliphatic rings. The van der Waals surface area contributed by atoms with Crippen molar-refractivity contribution in [3.8, 4) is 11.4 Å². The minimum absolute atomic E-state index is 0.0868. The van der Waals surface area contributed by atoms with Crippen LogP contribution in [-0.4, -0.2) is 22.7 Å². The summed E-state index contributed by atoms with van der Waals surface area (Å²) in [6.07, 6.45) is 0.652. The molecule has 5 heteroatoms. The molecule has 2 aromatic rings. The van der Waals surface area contributed by atoms with Gasteiger partial charge in [-0.05, 0) is 24.1 Å². The molecule has 1 atom stereocenters. The molecule has 0 saturated heterocycles. The zero-order chi connectivity index (χ0) is 15.5. The largest absolute Gasteiger partial charge is 0.339 e. The van der Waals surface area contributed by atoms with Crippen molar-refractivity contribution >= 4 is 0 Å². The van der Waals surface area contributed by atoms with E-state index in [0.29, 0.717) is 23.7 Å². The van der Waals surface area contributed by atoms with Crippen molar-refractivity contribution in [2.45, 2.75) is 40.2 Å². The summed E-state index contributed by atoms with van der Waals surface area (Å²) in [6.45, 7) is 9.47. The molecule has 114 valence electrons. The van der Waals surface area contributed by atoms with E-state index in [9.17, 15) is 4.39 Å². The summed E-state index contributed by atoms with van der Waals surface area (Å²) in [5, 5.41) is 7.38. The van der Waals surface area contributed by atoms with Crippen LogP contribution in [0.1, 0.15) is 33.6 Å². The first-order valence-electron chi connectivity index (χ1n) is 7.22. The minimum Gasteiger partial charge on any atom is -0.339 e. The van der Waals surface area contributed by atoms with Gasteiger partial charge in [0.25, 0.3) is 0 Å². The van der Waals surface area contributed by atoms with E-state index >= 15 is 0 Å². The Kier molecular flexibility index (Phi) is 4.73. The van der Waals surface area contributed by atoms with Crippen LogP contribution in [0.15, 0.2) is 28.8 Å². The van der Waals surface area contributed by atoms with Gasteiger partial charge in [0.2, 0.25) is 11.7 Å². The second-order valence-corrected chi connectivity index (χ2v) is 6.20. The highest BCUT2D eigenvalue weighted by Crippen LogP contribution is 2.23. The molecular weight excluding hydrogens is 269 g/mol. The predicted molar refractivity (Wildman–Crippen MR) is 80.3 cm³/mol. The van der Waals surface area contributed by atoms with E-state index in [1.54, 1.807) is 12.1 Å². The Bertz CT molecular complexity index is 589. The van der Waals surface area contributed by atoms with E-state index in [-0.39, 0.29) is 17.3 Å². The van der Waals surface area contributed by atoms with Gasteiger partial charge < -0.3 is 9.84 Å². The molecule has 0 saturated carbocycles. The lowest BCUT2D eigenvalue weighted by atomic mass is 9.84. The molecule has 0 radical (unpaired) electrons. The van der Waals surface area contributed by atoms with E-state index in [0.717, 1.165) is 6.54 Å². The van der Waals surface area contributed by atoms with Crippen molar-refractivity contribution < 1.29 is 8.91 Å². The standard InChI is InChI=1S/C16H22FN3O/c1-5-18-13(16(2,3)4)10-14-19-15(20-21-14)11-7-6-8-12(17)9-11/h6-9,13,18H,5,10H2,1-4H3. The quantitative estimate of drug-likeness (QED) is 0.916. The van der Waals surface area contributed by atoms with Gasteiger partial charge in [-0.3, -0.25) is 0 Å². The van der Waals surface area contributed by atoms with Crippen LogP contribution in [0.4, 0.5) is 4.39 Å². The Hall–Kier alpha value is -1.75. The fourth-order valence-electron chi connectivity index (χ4n) is 2.19. The van der Waals surface area contributed by atoms with Crippen molar-refractivity contribution in [3.05, 3.63) is 36.0 Å². The summed E-state index contributed by atoms with van der Waals surface area (Å²) in [7, 11) is 0. The van der Waals surface area contributed by atoms with Gasteiger partial charge in [0.15, 0.2) is 0 Å². The first kappa shape index (κ1) is 15.6. The molecule has 4 nitrogen and oxygen atoms in total. The van der Waals surface area contributed by atoms with Gasteiger partial charge in [-0.15, -0.1) is 0 Å². The van der Waals surface area contributed by atoms with Gasteiger partial charge in [0, 0.05) is 18.0 Å². The first-order valence-corrected chi connectivity index (χ1v) is 7.22. The maximum absolute atomic E-state index is 13.2. The average molecular weight is 291 g/mol. The number of rotatable bonds is 5. The highest BCUT2D eigenvalue weighted by atomic mass is 19.1. The smallest absolute Gasteiger partial charge is 0.228 e. The maximum Gasteiger partial charge on any atom is 0.228 e. The third-order valence-corrected chi connectivity index (χ3v) is 3.43. The summed E-state index contributed by atoms with van der Waals surface area (Å²) in [5.74, 6) is 0.683. The molecule has 0 spiro atoms. The second-order valence-electron chi connectivity index (χ2n) is 6.20. The van der Waals surface area contributed by atoms with Crippen LogP contribution >= 0.6 is 0 Å². The van der Waals surface area contributed by atoms with E-state index < -0.39 is 0 Å². The molecule has 0 bridgehead atoms. The molecule has 1 aromatic carbocycles. The van der Waals surface area contributed by atoms with Gasteiger partial charge in [-0.25, -0.2) is 4.39 Å². The molecule has 1 unspecified atom stereocenters. The van der Waals surface area contributed by atoms with E-state index in [1.807, 2.05) is 0 Å². The van der Waals surface area contributed by atoms with Crippen LogP contribution in [0.3, 0.4) is 0 Å². The topological polar surface area (TPSA) is 51.0 Å². The second kappa shape index (κ2) is 6.35. The number of halogens is 1. The molecule has 2 rings (SSSR count). The Labute approximate surface area is 124 Å². The van der Waals surface area contributed by atoms with Gasteiger partial charge in [-0.1, -0.05) is 45.0 Å². The Balaban J connectivity index is 2.16. The molecule has 0 aliphatic heterocycles. The lowest BCUT2D eigenvalue weighted by Crippen LogP contribution is -2.41. The summed E-state index contributed by atoms with van der Waals surface area (Å²) < 4.78 is 18.5. The highest BCUT2D eigenvalue weighted by Gasteiger charge is 2.26. The number of nitrogens with one attached hydrogen (secondary N) is 1. The van der Waals surface area contributed by atoms with Crippen LogP contribution < -0.4 is 5.32 Å². The summed E-state index contributed by atoms with van der Waals surface area (Å²) >= 11 is 0. The minimum atomic E-state index is -0.306. The lowest BCUT2D eigenvalue weighted by Gasteiger charge is -2.30. The Morgan fingerprint density at radius 3 is 2.71 bits per heavy atom. The van der Waals surface area contributed by atoms with Crippen molar-refractivity contribution in [2.24, 2.45) is 5.41 Å². The third-order valence-electron chi connectivity index (χ3n) is 3.43. The van der Waals surface area contributed by atoms with Crippen molar-refractivity contribution in [1.29, 1.82) is 0 Å². The molecule has 21 heavy (non-hydrogen) atoms. The molecule has 0 amide bonds. The fourth-order valence-corrected chi connectivity index (χ4v) is 2.19. The van der Waals surface area contributed by atoms with Crippen molar-refractivity contribution in [3.63, 3.8) is 0 Å². The monoisotopic (exact) mass is 291 g/mol. The first-order chi connectivity index (χ1) is 9.90. The molecule has 1 aromatic heterocycles. The number of aromatic nitrogens is 2. The fraction of sp³-hybridized carbons (Fsp3) is 0.500. The van der Waals surface area contributed by atoms with Crippen LogP contribution in [0.5, 0.6) is 0 Å². The van der Waals surface area contributed by atoms with Crippen LogP contribution in [0, 0.1) is 11.2 Å². The number of benzene rings is 1. The van der Waals surface area contributed by atoms with Gasteiger partial charge in [0.05, 0.1) is 0 Å². The van der Waals surface area contributed by atoms with Gasteiger partial charge >= 0.3 is 0 Å². The number of hydrogen-bond acceptors (Lipinski definition) is 4. The third kappa shape index (κ3) is 4.11. The van der Waals surface area contributed by atoms with Crippen LogP contribution in [0.25, 0.3) is 11.4 Å². The zero-order valence-corrected chi connectivity index (χ0v) is 13.0. The summed E-state index contributed by atoms with van der Waals surface area (Å²) in [4.78, 5) is 4.37. The maximum atomic E-state index is 13.2. The van der Waals surface area contributed by atoms with Gasteiger partial charge in [-0.2, -0.15) is 4.98 Å². The van der Waals surface area contributed by atoms with Crippen LogP contribution in [0.2, 0.25) is 0 Å². The Morgan fingerprint density at radius 1 is 1.33 bits per heavy atom. The number of nitrogens with zero attached hydrogens (tertiary/aromatic N) is 2. The van der Waals surface area contributed by atoms with Gasteiger partial charge in [0.1, 0.15) is 5.82 Å². The average Bonchev–Trinajstić information content (AvgIpc) is 2.86. The molecule has 0 aliphatic carbocycles. The van der Waals surface area contributed by atoms with Crippen molar-refractivity contribution in [2.75, 3.05) is 6.54 Å². The SMILES string of the molecule is CCNC(Cc1nc(-c2cccc(F)c2)no1)C(C)(C)C. The van der Waals surface area contributed by atoms with E-state index in [4.69, 9.17) is 4.52 Å².